The predicted octanol–water partition coefficient (Wildman–Crippen LogP) is 3.15. The second kappa shape index (κ2) is 8.51. The van der Waals surface area contributed by atoms with Gasteiger partial charge in [0.25, 0.3) is 0 Å². The highest BCUT2D eigenvalue weighted by Crippen LogP contribution is 2.29. The van der Waals surface area contributed by atoms with Crippen LogP contribution in [0.15, 0.2) is 54.6 Å². The summed E-state index contributed by atoms with van der Waals surface area (Å²) in [4.78, 5) is 24.1. The summed E-state index contributed by atoms with van der Waals surface area (Å²) in [6, 6.07) is 12.6. The lowest BCUT2D eigenvalue weighted by atomic mass is 10.0. The van der Waals surface area contributed by atoms with Crippen LogP contribution in [0.25, 0.3) is 0 Å². The molecule has 0 spiro atoms. The van der Waals surface area contributed by atoms with E-state index in [9.17, 15) is 22.8 Å². The second-order valence-electron chi connectivity index (χ2n) is 5.71. The molecule has 4 nitrogen and oxygen atoms in total. The van der Waals surface area contributed by atoms with Crippen LogP contribution in [0.3, 0.4) is 0 Å². The number of carbonyl (C=O) groups excluding carboxylic acids is 2. The lowest BCUT2D eigenvalue weighted by Crippen LogP contribution is -2.43. The molecule has 0 aliphatic carbocycles. The molecule has 0 radical (unpaired) electrons. The number of alkyl halides is 3. The van der Waals surface area contributed by atoms with Crippen LogP contribution in [0.2, 0.25) is 0 Å². The molecule has 7 heteroatoms. The number of hydrogen-bond acceptors (Lipinski definition) is 3. The van der Waals surface area contributed by atoms with Gasteiger partial charge in [0.05, 0.1) is 19.1 Å². The molecule has 26 heavy (non-hydrogen) atoms. The third-order valence-electron chi connectivity index (χ3n) is 3.72. The van der Waals surface area contributed by atoms with E-state index < -0.39 is 29.7 Å². The summed E-state index contributed by atoms with van der Waals surface area (Å²) >= 11 is 0. The number of methoxy groups -OCH3 is 1. The molecule has 0 saturated carbocycles. The van der Waals surface area contributed by atoms with Crippen LogP contribution >= 0.6 is 0 Å². The smallest absolute Gasteiger partial charge is 0.416 e. The van der Waals surface area contributed by atoms with Gasteiger partial charge in [-0.3, -0.25) is 4.79 Å². The summed E-state index contributed by atoms with van der Waals surface area (Å²) in [5.41, 5.74) is 0.208. The first-order valence-electron chi connectivity index (χ1n) is 7.87. The minimum absolute atomic E-state index is 0.209. The van der Waals surface area contributed by atoms with E-state index in [1.807, 2.05) is 6.07 Å². The molecule has 0 saturated heterocycles. The van der Waals surface area contributed by atoms with Crippen LogP contribution in [0.1, 0.15) is 16.7 Å². The van der Waals surface area contributed by atoms with E-state index in [2.05, 4.69) is 5.32 Å². The number of nitrogens with one attached hydrogen (secondary N) is 1. The molecule has 0 aliphatic heterocycles. The molecule has 0 heterocycles. The Morgan fingerprint density at radius 2 is 1.69 bits per heavy atom. The van der Waals surface area contributed by atoms with Crippen molar-refractivity contribution < 1.29 is 27.5 Å². The van der Waals surface area contributed by atoms with Gasteiger partial charge >= 0.3 is 12.1 Å². The first kappa shape index (κ1) is 19.5. The van der Waals surface area contributed by atoms with Crippen molar-refractivity contribution in [2.45, 2.75) is 25.1 Å². The summed E-state index contributed by atoms with van der Waals surface area (Å²) in [6.45, 7) is 0. The van der Waals surface area contributed by atoms with Gasteiger partial charge in [-0.2, -0.15) is 13.2 Å². The Bertz CT molecular complexity index is 760. The number of benzene rings is 2. The monoisotopic (exact) mass is 365 g/mol. The molecule has 2 aromatic rings. The van der Waals surface area contributed by atoms with E-state index in [1.165, 1.54) is 19.2 Å². The Balaban J connectivity index is 2.06. The highest BCUT2D eigenvalue weighted by Gasteiger charge is 2.30. The minimum Gasteiger partial charge on any atom is -0.467 e. The number of carbonyl (C=O) groups is 2. The van der Waals surface area contributed by atoms with Crippen LogP contribution < -0.4 is 5.32 Å². The van der Waals surface area contributed by atoms with Gasteiger partial charge < -0.3 is 10.1 Å². The third-order valence-corrected chi connectivity index (χ3v) is 3.72. The maximum absolute atomic E-state index is 12.7. The zero-order valence-corrected chi connectivity index (χ0v) is 14.0. The summed E-state index contributed by atoms with van der Waals surface area (Å²) in [5.74, 6) is -1.18. The van der Waals surface area contributed by atoms with Gasteiger partial charge in [-0.05, 0) is 17.2 Å². The van der Waals surface area contributed by atoms with Crippen molar-refractivity contribution >= 4 is 11.9 Å². The molecule has 2 rings (SSSR count). The van der Waals surface area contributed by atoms with Crippen LogP contribution in [-0.2, 0) is 33.3 Å². The highest BCUT2D eigenvalue weighted by atomic mass is 19.4. The number of rotatable bonds is 6. The van der Waals surface area contributed by atoms with Crippen LogP contribution in [-0.4, -0.2) is 25.0 Å². The first-order valence-corrected chi connectivity index (χ1v) is 7.87. The molecular formula is C19H18F3NO3. The largest absolute Gasteiger partial charge is 0.467 e. The Hall–Kier alpha value is -2.83. The van der Waals surface area contributed by atoms with E-state index in [1.54, 1.807) is 24.3 Å². The fourth-order valence-electron chi connectivity index (χ4n) is 2.47. The minimum atomic E-state index is -4.48. The fraction of sp³-hybridized carbons (Fsp3) is 0.263. The fourth-order valence-corrected chi connectivity index (χ4v) is 2.47. The molecular weight excluding hydrogens is 347 g/mol. The summed E-state index contributed by atoms with van der Waals surface area (Å²) in [7, 11) is 1.21. The van der Waals surface area contributed by atoms with Gasteiger partial charge in [0.15, 0.2) is 0 Å². The maximum Gasteiger partial charge on any atom is 0.416 e. The van der Waals surface area contributed by atoms with Gasteiger partial charge in [0.2, 0.25) is 5.91 Å². The standard InChI is InChI=1S/C19H18F3NO3/c1-26-18(25)16(11-13-6-3-2-4-7-13)23-17(24)12-14-8-5-9-15(10-14)19(20,21)22/h2-10,16H,11-12H2,1H3,(H,23,24)/t16-/m1/s1. The highest BCUT2D eigenvalue weighted by molar-refractivity contribution is 5.85. The molecule has 0 unspecified atom stereocenters. The van der Waals surface area contributed by atoms with Crippen molar-refractivity contribution in [3.63, 3.8) is 0 Å². The molecule has 1 amide bonds. The van der Waals surface area contributed by atoms with Crippen molar-refractivity contribution in [3.05, 3.63) is 71.3 Å². The Kier molecular flexibility index (Phi) is 6.38. The molecule has 0 aliphatic rings. The van der Waals surface area contributed by atoms with E-state index in [4.69, 9.17) is 4.74 Å². The lowest BCUT2D eigenvalue weighted by molar-refractivity contribution is -0.145. The molecule has 1 N–H and O–H groups in total. The lowest BCUT2D eigenvalue weighted by Gasteiger charge is -2.17. The quantitative estimate of drug-likeness (QED) is 0.800. The maximum atomic E-state index is 12.7. The number of hydrogen-bond donors (Lipinski definition) is 1. The van der Waals surface area contributed by atoms with Crippen LogP contribution in [0, 0.1) is 0 Å². The van der Waals surface area contributed by atoms with Gasteiger partial charge in [-0.25, -0.2) is 4.79 Å². The number of esters is 1. The Morgan fingerprint density at radius 3 is 2.31 bits per heavy atom. The van der Waals surface area contributed by atoms with Crippen molar-refractivity contribution in [1.82, 2.24) is 5.32 Å². The number of ether oxygens (including phenoxy) is 1. The van der Waals surface area contributed by atoms with Crippen molar-refractivity contribution in [1.29, 1.82) is 0 Å². The van der Waals surface area contributed by atoms with Gasteiger partial charge in [0, 0.05) is 6.42 Å². The molecule has 0 fully saturated rings. The Labute approximate surface area is 149 Å². The van der Waals surface area contributed by atoms with E-state index in [0.29, 0.717) is 0 Å². The van der Waals surface area contributed by atoms with E-state index >= 15 is 0 Å². The first-order chi connectivity index (χ1) is 12.3. The second-order valence-corrected chi connectivity index (χ2v) is 5.71. The van der Waals surface area contributed by atoms with Crippen molar-refractivity contribution in [2.75, 3.05) is 7.11 Å². The SMILES string of the molecule is COC(=O)[C@@H](Cc1ccccc1)NC(=O)Cc1cccc(C(F)(F)F)c1. The van der Waals surface area contributed by atoms with E-state index in [0.717, 1.165) is 17.7 Å². The Morgan fingerprint density at radius 1 is 1.04 bits per heavy atom. The van der Waals surface area contributed by atoms with E-state index in [-0.39, 0.29) is 18.4 Å². The molecule has 0 bridgehead atoms. The molecule has 138 valence electrons. The van der Waals surface area contributed by atoms with Crippen LogP contribution in [0.5, 0.6) is 0 Å². The summed E-state index contributed by atoms with van der Waals surface area (Å²) in [6.07, 6.45) is -4.53. The van der Waals surface area contributed by atoms with Crippen LogP contribution in [0.4, 0.5) is 13.2 Å². The average Bonchev–Trinajstić information content (AvgIpc) is 2.61. The van der Waals surface area contributed by atoms with Crippen molar-refractivity contribution in [3.8, 4) is 0 Å². The topological polar surface area (TPSA) is 55.4 Å². The predicted molar refractivity (Wildman–Crippen MR) is 89.2 cm³/mol. The number of halogens is 3. The molecule has 2 aromatic carbocycles. The van der Waals surface area contributed by atoms with Gasteiger partial charge in [0.1, 0.15) is 6.04 Å². The average molecular weight is 365 g/mol. The summed E-state index contributed by atoms with van der Waals surface area (Å²) < 4.78 is 42.9. The third kappa shape index (κ3) is 5.61. The molecule has 0 aromatic heterocycles. The zero-order valence-electron chi connectivity index (χ0n) is 14.0. The van der Waals surface area contributed by atoms with Gasteiger partial charge in [-0.15, -0.1) is 0 Å². The van der Waals surface area contributed by atoms with Crippen molar-refractivity contribution in [2.24, 2.45) is 0 Å². The zero-order chi connectivity index (χ0) is 19.2. The summed E-state index contributed by atoms with van der Waals surface area (Å²) in [5, 5.41) is 2.53. The number of amides is 1. The van der Waals surface area contributed by atoms with Gasteiger partial charge in [-0.1, -0.05) is 48.5 Å². The molecule has 1 atom stereocenters. The normalized spacial score (nSPS) is 12.3.